The smallest absolute Gasteiger partial charge is 0.0312 e. The quantitative estimate of drug-likeness (QED) is 0.741. The first kappa shape index (κ1) is 12.9. The third-order valence-corrected chi connectivity index (χ3v) is 3.07. The second-order valence-corrected chi connectivity index (χ2v) is 4.92. The second kappa shape index (κ2) is 5.83. The maximum Gasteiger partial charge on any atom is 0.0312 e. The molecule has 3 nitrogen and oxygen atoms in total. The summed E-state index contributed by atoms with van der Waals surface area (Å²) in [5, 5.41) is 3.00. The summed E-state index contributed by atoms with van der Waals surface area (Å²) in [5.74, 6) is 0.658. The predicted molar refractivity (Wildman–Crippen MR) is 69.9 cm³/mol. The Hall–Kier alpha value is -1.12. The Morgan fingerprint density at radius 3 is 2.88 bits per heavy atom. The Kier molecular flexibility index (Phi) is 4.71. The van der Waals surface area contributed by atoms with E-state index in [1.165, 1.54) is 12.1 Å². The van der Waals surface area contributed by atoms with Crippen LogP contribution in [0.1, 0.15) is 20.3 Å². The van der Waals surface area contributed by atoms with Crippen molar-refractivity contribution >= 4 is 0 Å². The van der Waals surface area contributed by atoms with E-state index in [2.05, 4.69) is 48.8 Å². The largest absolute Gasteiger partial charge is 0.393 e. The van der Waals surface area contributed by atoms with Crippen LogP contribution >= 0.6 is 0 Å². The number of hydrogen-bond donors (Lipinski definition) is 1. The van der Waals surface area contributed by atoms with Crippen LogP contribution in [0.4, 0.5) is 0 Å². The zero-order chi connectivity index (χ0) is 12.1. The summed E-state index contributed by atoms with van der Waals surface area (Å²) < 4.78 is 0. The molecule has 1 fully saturated rings. The van der Waals surface area contributed by atoms with Crippen LogP contribution in [0, 0.1) is 5.92 Å². The SMILES string of the molecule is C=C1CC(C)N1CC(C)CN(C)/C=C\NC. The highest BCUT2D eigenvalue weighted by molar-refractivity contribution is 5.09. The van der Waals surface area contributed by atoms with Crippen LogP contribution in [-0.4, -0.2) is 43.0 Å². The third kappa shape index (κ3) is 3.47. The Morgan fingerprint density at radius 2 is 2.38 bits per heavy atom. The van der Waals surface area contributed by atoms with Crippen LogP contribution in [0.25, 0.3) is 0 Å². The van der Waals surface area contributed by atoms with Crippen LogP contribution in [-0.2, 0) is 0 Å². The molecule has 1 heterocycles. The molecule has 2 unspecified atom stereocenters. The van der Waals surface area contributed by atoms with E-state index < -0.39 is 0 Å². The molecule has 0 bridgehead atoms. The van der Waals surface area contributed by atoms with Crippen LogP contribution in [0.2, 0.25) is 0 Å². The average molecular weight is 223 g/mol. The maximum absolute atomic E-state index is 4.06. The van der Waals surface area contributed by atoms with Crippen molar-refractivity contribution in [1.29, 1.82) is 0 Å². The summed E-state index contributed by atoms with van der Waals surface area (Å²) in [6, 6.07) is 0.688. The molecule has 3 heteroatoms. The zero-order valence-corrected chi connectivity index (χ0v) is 11.0. The molecular formula is C13H25N3. The molecular weight excluding hydrogens is 198 g/mol. The van der Waals surface area contributed by atoms with Gasteiger partial charge in [0.05, 0.1) is 0 Å². The molecule has 0 aliphatic carbocycles. The standard InChI is InChI=1S/C13H25N3/c1-11(9-15(5)7-6-14-4)10-16-12(2)8-13(16)3/h6-7,11,13-14H,2,8-10H2,1,3-5H3/b7-6-. The zero-order valence-electron chi connectivity index (χ0n) is 11.0. The van der Waals surface area contributed by atoms with Gasteiger partial charge in [-0.2, -0.15) is 0 Å². The van der Waals surface area contributed by atoms with E-state index in [9.17, 15) is 0 Å². The van der Waals surface area contributed by atoms with Gasteiger partial charge in [-0.3, -0.25) is 0 Å². The van der Waals surface area contributed by atoms with Crippen LogP contribution < -0.4 is 5.32 Å². The first-order valence-electron chi connectivity index (χ1n) is 6.03. The van der Waals surface area contributed by atoms with E-state index in [1.807, 2.05) is 13.2 Å². The molecule has 0 aromatic heterocycles. The van der Waals surface area contributed by atoms with Gasteiger partial charge < -0.3 is 15.1 Å². The monoisotopic (exact) mass is 223 g/mol. The van der Waals surface area contributed by atoms with E-state index in [4.69, 9.17) is 0 Å². The van der Waals surface area contributed by atoms with E-state index in [1.54, 1.807) is 0 Å². The topological polar surface area (TPSA) is 18.5 Å². The maximum atomic E-state index is 4.06. The normalized spacial score (nSPS) is 22.1. The average Bonchev–Trinajstić information content (AvgIpc) is 2.23. The van der Waals surface area contributed by atoms with Gasteiger partial charge in [0.1, 0.15) is 0 Å². The van der Waals surface area contributed by atoms with Crippen molar-refractivity contribution in [3.05, 3.63) is 24.7 Å². The number of likely N-dealkylation sites (tertiary alicyclic amines) is 1. The van der Waals surface area contributed by atoms with Gasteiger partial charge in [-0.15, -0.1) is 0 Å². The molecule has 92 valence electrons. The molecule has 0 aromatic rings. The van der Waals surface area contributed by atoms with Crippen LogP contribution in [0.5, 0.6) is 0 Å². The third-order valence-electron chi connectivity index (χ3n) is 3.07. The molecule has 1 N–H and O–H groups in total. The number of rotatable bonds is 6. The lowest BCUT2D eigenvalue weighted by Crippen LogP contribution is -2.46. The number of nitrogens with zero attached hydrogens (tertiary/aromatic N) is 2. The van der Waals surface area contributed by atoms with Crippen molar-refractivity contribution < 1.29 is 0 Å². The molecule has 1 saturated heterocycles. The first-order chi connectivity index (χ1) is 7.54. The van der Waals surface area contributed by atoms with Gasteiger partial charge in [0.15, 0.2) is 0 Å². The minimum Gasteiger partial charge on any atom is -0.393 e. The van der Waals surface area contributed by atoms with Gasteiger partial charge in [-0.05, 0) is 12.8 Å². The molecule has 16 heavy (non-hydrogen) atoms. The molecule has 0 saturated carbocycles. The van der Waals surface area contributed by atoms with Crippen molar-refractivity contribution in [2.45, 2.75) is 26.3 Å². The van der Waals surface area contributed by atoms with Gasteiger partial charge in [0.2, 0.25) is 0 Å². The number of nitrogens with one attached hydrogen (secondary N) is 1. The second-order valence-electron chi connectivity index (χ2n) is 4.92. The summed E-state index contributed by atoms with van der Waals surface area (Å²) >= 11 is 0. The van der Waals surface area contributed by atoms with E-state index in [-0.39, 0.29) is 0 Å². The Bertz CT molecular complexity index is 260. The van der Waals surface area contributed by atoms with Gasteiger partial charge in [-0.25, -0.2) is 0 Å². The summed E-state index contributed by atoms with van der Waals surface area (Å²) in [7, 11) is 4.03. The summed E-state index contributed by atoms with van der Waals surface area (Å²) in [6.45, 7) is 10.8. The van der Waals surface area contributed by atoms with Crippen molar-refractivity contribution in [1.82, 2.24) is 15.1 Å². The van der Waals surface area contributed by atoms with Crippen LogP contribution in [0.3, 0.4) is 0 Å². The lowest BCUT2D eigenvalue weighted by molar-refractivity contribution is 0.142. The molecule has 0 radical (unpaired) electrons. The highest BCUT2D eigenvalue weighted by Gasteiger charge is 2.27. The molecule has 0 aromatic carbocycles. The fraction of sp³-hybridized carbons (Fsp3) is 0.692. The van der Waals surface area contributed by atoms with Crippen molar-refractivity contribution in [3.63, 3.8) is 0 Å². The highest BCUT2D eigenvalue weighted by atomic mass is 15.2. The molecule has 1 aliphatic rings. The van der Waals surface area contributed by atoms with E-state index in [0.717, 1.165) is 13.1 Å². The van der Waals surface area contributed by atoms with Crippen molar-refractivity contribution in [3.8, 4) is 0 Å². The molecule has 2 atom stereocenters. The Balaban J connectivity index is 2.27. The lowest BCUT2D eigenvalue weighted by Gasteiger charge is -2.44. The molecule has 1 aliphatic heterocycles. The lowest BCUT2D eigenvalue weighted by atomic mass is 9.98. The van der Waals surface area contributed by atoms with Gasteiger partial charge in [-0.1, -0.05) is 13.5 Å². The molecule has 0 amide bonds. The fourth-order valence-electron chi connectivity index (χ4n) is 2.22. The van der Waals surface area contributed by atoms with E-state index >= 15 is 0 Å². The minimum atomic E-state index is 0.658. The summed E-state index contributed by atoms with van der Waals surface area (Å²) in [5.41, 5.74) is 1.30. The van der Waals surface area contributed by atoms with Gasteiger partial charge in [0.25, 0.3) is 0 Å². The Morgan fingerprint density at radius 1 is 1.69 bits per heavy atom. The summed E-state index contributed by atoms with van der Waals surface area (Å²) in [4.78, 5) is 4.63. The minimum absolute atomic E-state index is 0.658. The first-order valence-corrected chi connectivity index (χ1v) is 6.03. The summed E-state index contributed by atoms with van der Waals surface area (Å²) in [6.07, 6.45) is 5.20. The fourth-order valence-corrected chi connectivity index (χ4v) is 2.22. The van der Waals surface area contributed by atoms with Crippen LogP contribution in [0.15, 0.2) is 24.7 Å². The van der Waals surface area contributed by atoms with Crippen molar-refractivity contribution in [2.75, 3.05) is 27.2 Å². The van der Waals surface area contributed by atoms with Gasteiger partial charge in [0, 0.05) is 57.7 Å². The highest BCUT2D eigenvalue weighted by Crippen LogP contribution is 2.28. The number of hydrogen-bond acceptors (Lipinski definition) is 3. The molecule has 1 rings (SSSR count). The van der Waals surface area contributed by atoms with Gasteiger partial charge >= 0.3 is 0 Å². The van der Waals surface area contributed by atoms with Crippen molar-refractivity contribution in [2.24, 2.45) is 5.92 Å². The Labute approximate surface area is 99.8 Å². The predicted octanol–water partition coefficient (Wildman–Crippen LogP) is 1.85. The van der Waals surface area contributed by atoms with E-state index in [0.29, 0.717) is 12.0 Å². The molecule has 0 spiro atoms.